The third-order valence-electron chi connectivity index (χ3n) is 2.76. The average Bonchev–Trinajstić information content (AvgIpc) is 1.79. The first-order valence-corrected chi connectivity index (χ1v) is 4.50. The molecule has 0 aromatic rings. The van der Waals surface area contributed by atoms with Crippen molar-refractivity contribution < 1.29 is 9.47 Å². The molecule has 0 saturated carbocycles. The Kier molecular flexibility index (Phi) is 4.70. The molecule has 1 fully saturated rings. The fourth-order valence-corrected chi connectivity index (χ4v) is 1.37. The Hall–Kier alpha value is 1.56. The first-order chi connectivity index (χ1) is 5.16. The minimum atomic E-state index is -0.214. The minimum absolute atomic E-state index is 0. The number of ether oxygens (including phenoxy) is 2. The number of hydrogen-bond acceptors (Lipinski definition) is 2. The van der Waals surface area contributed by atoms with Gasteiger partial charge in [0.2, 0.25) is 0 Å². The molecule has 2 nitrogen and oxygen atoms in total. The second-order valence-electron chi connectivity index (χ2n) is 5.17. The van der Waals surface area contributed by atoms with Gasteiger partial charge in [-0.15, -0.1) is 0 Å². The fourth-order valence-electron chi connectivity index (χ4n) is 1.37. The predicted molar refractivity (Wildman–Crippen MR) is 55.0 cm³/mol. The van der Waals surface area contributed by atoms with Crippen LogP contribution in [0, 0.1) is 0 Å². The summed E-state index contributed by atoms with van der Waals surface area (Å²) in [6.45, 7) is 13.1. The third kappa shape index (κ3) is 3.26. The van der Waals surface area contributed by atoms with Crippen LogP contribution < -0.4 is 0 Å². The zero-order chi connectivity index (χ0) is 9.62. The van der Waals surface area contributed by atoms with Gasteiger partial charge in [0.15, 0.2) is 0 Å². The van der Waals surface area contributed by atoms with Gasteiger partial charge in [0, 0.05) is 51.4 Å². The number of hydrogen-bond donors (Lipinski definition) is 0. The van der Waals surface area contributed by atoms with Gasteiger partial charge in [-0.25, -0.2) is 0 Å². The molecule has 0 aromatic carbocycles. The van der Waals surface area contributed by atoms with Crippen molar-refractivity contribution in [3.63, 3.8) is 0 Å². The first kappa shape index (κ1) is 14.6. The first-order valence-electron chi connectivity index (χ1n) is 4.50. The van der Waals surface area contributed by atoms with Gasteiger partial charge in [-0.2, -0.15) is 0 Å². The van der Waals surface area contributed by atoms with Crippen molar-refractivity contribution in [2.45, 2.75) is 58.3 Å². The van der Waals surface area contributed by atoms with E-state index in [4.69, 9.17) is 9.47 Å². The van der Waals surface area contributed by atoms with E-state index in [1.807, 2.05) is 0 Å². The maximum Gasteiger partial charge on any atom is 0.0917 e. The topological polar surface area (TPSA) is 18.5 Å². The summed E-state index contributed by atoms with van der Waals surface area (Å²) in [5.74, 6) is 0. The molecule has 1 aliphatic rings. The van der Waals surface area contributed by atoms with Crippen LogP contribution in [0.4, 0.5) is 0 Å². The second-order valence-corrected chi connectivity index (χ2v) is 5.17. The summed E-state index contributed by atoms with van der Waals surface area (Å²) in [5.41, 5.74) is -0.559. The van der Waals surface area contributed by atoms with E-state index in [2.05, 4.69) is 41.5 Å². The smallest absolute Gasteiger partial charge is 0.0917 e. The molecule has 13 heavy (non-hydrogen) atoms. The van der Waals surface area contributed by atoms with Gasteiger partial charge in [-0.1, -0.05) is 0 Å². The van der Waals surface area contributed by atoms with Gasteiger partial charge >= 0.3 is 0 Å². The molecule has 0 aromatic heterocycles. The quantitative estimate of drug-likeness (QED) is 0.571. The van der Waals surface area contributed by atoms with Gasteiger partial charge in [0.05, 0.1) is 23.4 Å². The van der Waals surface area contributed by atoms with Gasteiger partial charge in [-0.3, -0.25) is 0 Å². The Labute approximate surface area is 124 Å². The Morgan fingerprint density at radius 1 is 0.846 bits per heavy atom. The number of rotatable bonds is 0. The van der Waals surface area contributed by atoms with E-state index < -0.39 is 0 Å². The molecule has 3 heteroatoms. The van der Waals surface area contributed by atoms with Crippen molar-refractivity contribution in [3.05, 3.63) is 0 Å². The Balaban J connectivity index is 0.00000144. The summed E-state index contributed by atoms with van der Waals surface area (Å²) >= 11 is 0. The summed E-state index contributed by atoms with van der Waals surface area (Å²) in [5, 5.41) is 0. The minimum Gasteiger partial charge on any atom is -0.370 e. The van der Waals surface area contributed by atoms with Gasteiger partial charge < -0.3 is 9.47 Å². The second kappa shape index (κ2) is 4.20. The maximum absolute atomic E-state index is 5.95. The molecule has 0 aliphatic carbocycles. The zero-order valence-electron chi connectivity index (χ0n) is 10.0. The molecule has 1 heterocycles. The van der Waals surface area contributed by atoms with Crippen LogP contribution in [-0.4, -0.2) is 74.8 Å². The summed E-state index contributed by atoms with van der Waals surface area (Å²) in [6.07, 6.45) is 0. The van der Waals surface area contributed by atoms with Gasteiger partial charge in [0.1, 0.15) is 0 Å². The van der Waals surface area contributed by atoms with Crippen LogP contribution >= 0.6 is 0 Å². The third-order valence-corrected chi connectivity index (χ3v) is 2.76. The van der Waals surface area contributed by atoms with Crippen molar-refractivity contribution in [2.24, 2.45) is 0 Å². The van der Waals surface area contributed by atoms with Crippen molar-refractivity contribution >= 4 is 51.4 Å². The molecular formula is C10H20KO2. The molecule has 0 amide bonds. The zero-order valence-corrected chi connectivity index (χ0v) is 13.1. The van der Waals surface area contributed by atoms with Crippen molar-refractivity contribution in [2.75, 3.05) is 6.61 Å². The summed E-state index contributed by atoms with van der Waals surface area (Å²) in [4.78, 5) is 0. The predicted octanol–water partition coefficient (Wildman–Crippen LogP) is 1.99. The Morgan fingerprint density at radius 3 is 1.62 bits per heavy atom. The van der Waals surface area contributed by atoms with Crippen molar-refractivity contribution in [1.82, 2.24) is 0 Å². The molecule has 1 radical (unpaired) electrons. The average molecular weight is 211 g/mol. The van der Waals surface area contributed by atoms with Crippen molar-refractivity contribution in [3.8, 4) is 0 Å². The van der Waals surface area contributed by atoms with E-state index in [0.29, 0.717) is 6.61 Å². The van der Waals surface area contributed by atoms with Crippen LogP contribution in [0.1, 0.15) is 41.5 Å². The van der Waals surface area contributed by atoms with Crippen LogP contribution in [0.15, 0.2) is 0 Å². The molecule has 0 bridgehead atoms. The molecular weight excluding hydrogens is 191 g/mol. The molecule has 1 saturated heterocycles. The van der Waals surface area contributed by atoms with E-state index in [9.17, 15) is 0 Å². The van der Waals surface area contributed by atoms with E-state index in [-0.39, 0.29) is 68.2 Å². The molecule has 1 rings (SSSR count). The van der Waals surface area contributed by atoms with E-state index in [0.717, 1.165) is 0 Å². The molecule has 0 N–H and O–H groups in total. The Morgan fingerprint density at radius 2 is 1.31 bits per heavy atom. The summed E-state index contributed by atoms with van der Waals surface area (Å²) in [7, 11) is 0. The van der Waals surface area contributed by atoms with Gasteiger partial charge in [-0.05, 0) is 41.5 Å². The van der Waals surface area contributed by atoms with Crippen LogP contribution in [0.3, 0.4) is 0 Å². The van der Waals surface area contributed by atoms with E-state index in [1.54, 1.807) is 0 Å². The summed E-state index contributed by atoms with van der Waals surface area (Å²) in [6, 6.07) is 0. The van der Waals surface area contributed by atoms with E-state index in [1.165, 1.54) is 0 Å². The van der Waals surface area contributed by atoms with Crippen LogP contribution in [-0.2, 0) is 9.47 Å². The fraction of sp³-hybridized carbons (Fsp3) is 1.00. The summed E-state index contributed by atoms with van der Waals surface area (Å²) < 4.78 is 11.7. The molecule has 0 unspecified atom stereocenters. The maximum atomic E-state index is 5.95. The van der Waals surface area contributed by atoms with Crippen LogP contribution in [0.5, 0.6) is 0 Å². The molecule has 73 valence electrons. The SMILES string of the molecule is CC1(C)COC(C)(C)C(C)(C)O1.[K]. The van der Waals surface area contributed by atoms with Crippen LogP contribution in [0.2, 0.25) is 0 Å². The molecule has 0 spiro atoms. The standard InChI is InChI=1S/C10H20O2.K/c1-8(2)7-11-9(3,4)10(5,6)12-8;/h7H2,1-6H3;. The largest absolute Gasteiger partial charge is 0.370 e. The molecule has 1 aliphatic heterocycles. The molecule has 0 atom stereocenters. The van der Waals surface area contributed by atoms with Gasteiger partial charge in [0.25, 0.3) is 0 Å². The monoisotopic (exact) mass is 211 g/mol. The Bertz CT molecular complexity index is 185. The normalized spacial score (nSPS) is 29.1. The van der Waals surface area contributed by atoms with Crippen molar-refractivity contribution in [1.29, 1.82) is 0 Å². The van der Waals surface area contributed by atoms with Crippen LogP contribution in [0.25, 0.3) is 0 Å². The van der Waals surface area contributed by atoms with E-state index >= 15 is 0 Å².